The number of benzene rings is 2. The molecule has 0 aromatic heterocycles. The number of hydrogen-bond acceptors (Lipinski definition) is 4. The Balaban J connectivity index is 2.30. The van der Waals surface area contributed by atoms with Gasteiger partial charge in [0.05, 0.1) is 18.5 Å². The molecule has 0 aliphatic rings. The molecule has 0 radical (unpaired) electrons. The monoisotopic (exact) mass is 258 g/mol. The van der Waals surface area contributed by atoms with Crippen LogP contribution in [0.4, 0.5) is 11.4 Å². The second kappa shape index (κ2) is 5.20. The number of hydrogen-bond donors (Lipinski definition) is 3. The molecule has 4 N–H and O–H groups in total. The third-order valence-corrected chi connectivity index (χ3v) is 2.97. The van der Waals surface area contributed by atoms with E-state index in [1.165, 1.54) is 0 Å². The van der Waals surface area contributed by atoms with Gasteiger partial charge in [-0.25, -0.2) is 0 Å². The predicted octanol–water partition coefficient (Wildman–Crippen LogP) is 2.55. The van der Waals surface area contributed by atoms with Gasteiger partial charge >= 0.3 is 0 Å². The van der Waals surface area contributed by atoms with Gasteiger partial charge in [0.15, 0.2) is 5.72 Å². The minimum absolute atomic E-state index is 0.553. The van der Waals surface area contributed by atoms with Gasteiger partial charge in [0.1, 0.15) is 5.75 Å². The first-order valence-corrected chi connectivity index (χ1v) is 6.02. The van der Waals surface area contributed by atoms with Crippen molar-refractivity contribution < 1.29 is 9.84 Å². The lowest BCUT2D eigenvalue weighted by Crippen LogP contribution is -2.31. The maximum absolute atomic E-state index is 10.5. The highest BCUT2D eigenvalue weighted by Crippen LogP contribution is 2.30. The summed E-state index contributed by atoms with van der Waals surface area (Å²) in [5.74, 6) is 0.681. The smallest absolute Gasteiger partial charge is 0.159 e. The van der Waals surface area contributed by atoms with Crippen LogP contribution in [0.15, 0.2) is 48.5 Å². The van der Waals surface area contributed by atoms with E-state index in [2.05, 4.69) is 5.32 Å². The van der Waals surface area contributed by atoms with Gasteiger partial charge in [0.2, 0.25) is 0 Å². The summed E-state index contributed by atoms with van der Waals surface area (Å²) < 4.78 is 5.15. The summed E-state index contributed by atoms with van der Waals surface area (Å²) in [5, 5.41) is 13.5. The van der Waals surface area contributed by atoms with Crippen molar-refractivity contribution in [3.05, 3.63) is 54.1 Å². The van der Waals surface area contributed by atoms with Gasteiger partial charge in [-0.2, -0.15) is 0 Å². The first-order valence-electron chi connectivity index (χ1n) is 6.02. The van der Waals surface area contributed by atoms with E-state index >= 15 is 0 Å². The molecule has 0 heterocycles. The predicted molar refractivity (Wildman–Crippen MR) is 77.0 cm³/mol. The second-order valence-electron chi connectivity index (χ2n) is 4.52. The molecule has 0 amide bonds. The van der Waals surface area contributed by atoms with Crippen molar-refractivity contribution in [1.82, 2.24) is 0 Å². The molecule has 100 valence electrons. The van der Waals surface area contributed by atoms with Crippen molar-refractivity contribution in [3.63, 3.8) is 0 Å². The normalized spacial score (nSPS) is 13.6. The number of nitrogen functional groups attached to an aromatic ring is 1. The Morgan fingerprint density at radius 1 is 1.16 bits per heavy atom. The van der Waals surface area contributed by atoms with E-state index in [1.54, 1.807) is 32.2 Å². The molecule has 0 bridgehead atoms. The molecule has 0 spiro atoms. The van der Waals surface area contributed by atoms with E-state index in [9.17, 15) is 5.11 Å². The molecule has 0 saturated heterocycles. The zero-order valence-electron chi connectivity index (χ0n) is 11.1. The van der Waals surface area contributed by atoms with Gasteiger partial charge < -0.3 is 20.9 Å². The van der Waals surface area contributed by atoms with Crippen LogP contribution in [0.3, 0.4) is 0 Å². The SMILES string of the molecule is COc1ccc(N)c(NC(C)(O)c2ccccc2)c1. The highest BCUT2D eigenvalue weighted by molar-refractivity contribution is 5.69. The molecule has 0 fully saturated rings. The van der Waals surface area contributed by atoms with Crippen LogP contribution in [0.5, 0.6) is 5.75 Å². The van der Waals surface area contributed by atoms with Gasteiger partial charge in [-0.1, -0.05) is 30.3 Å². The maximum Gasteiger partial charge on any atom is 0.159 e. The molecule has 4 nitrogen and oxygen atoms in total. The lowest BCUT2D eigenvalue weighted by Gasteiger charge is -2.27. The molecule has 0 aliphatic carbocycles. The molecular formula is C15H18N2O2. The Labute approximate surface area is 112 Å². The van der Waals surface area contributed by atoms with Crippen LogP contribution in [0.1, 0.15) is 12.5 Å². The van der Waals surface area contributed by atoms with Gasteiger partial charge in [0, 0.05) is 11.6 Å². The summed E-state index contributed by atoms with van der Waals surface area (Å²) in [6, 6.07) is 14.6. The fourth-order valence-corrected chi connectivity index (χ4v) is 1.87. The number of nitrogens with two attached hydrogens (primary N) is 1. The zero-order chi connectivity index (χ0) is 13.9. The highest BCUT2D eigenvalue weighted by Gasteiger charge is 2.23. The van der Waals surface area contributed by atoms with E-state index in [4.69, 9.17) is 10.5 Å². The Hall–Kier alpha value is -2.20. The number of methoxy groups -OCH3 is 1. The number of anilines is 2. The van der Waals surface area contributed by atoms with Crippen LogP contribution in [0.25, 0.3) is 0 Å². The first-order chi connectivity index (χ1) is 9.03. The third kappa shape index (κ3) is 2.98. The van der Waals surface area contributed by atoms with E-state index < -0.39 is 5.72 Å². The van der Waals surface area contributed by atoms with E-state index in [0.29, 0.717) is 17.1 Å². The standard InChI is InChI=1S/C15H18N2O2/c1-15(18,11-6-4-3-5-7-11)17-14-10-12(19-2)8-9-13(14)16/h3-10,17-18H,16H2,1-2H3. The van der Waals surface area contributed by atoms with Crippen molar-refractivity contribution in [3.8, 4) is 5.75 Å². The van der Waals surface area contributed by atoms with Crippen LogP contribution < -0.4 is 15.8 Å². The second-order valence-corrected chi connectivity index (χ2v) is 4.52. The Morgan fingerprint density at radius 3 is 2.47 bits per heavy atom. The Bertz CT molecular complexity index is 553. The quantitative estimate of drug-likeness (QED) is 0.582. The minimum atomic E-state index is -1.21. The maximum atomic E-state index is 10.5. The molecule has 2 aromatic carbocycles. The van der Waals surface area contributed by atoms with E-state index in [1.807, 2.05) is 30.3 Å². The Kier molecular flexibility index (Phi) is 3.62. The van der Waals surface area contributed by atoms with Crippen LogP contribution in [0, 0.1) is 0 Å². The number of nitrogens with one attached hydrogen (secondary N) is 1. The Morgan fingerprint density at radius 2 is 1.84 bits per heavy atom. The van der Waals surface area contributed by atoms with Gasteiger partial charge in [-0.15, -0.1) is 0 Å². The topological polar surface area (TPSA) is 67.5 Å². The van der Waals surface area contributed by atoms with Crippen LogP contribution >= 0.6 is 0 Å². The summed E-state index contributed by atoms with van der Waals surface area (Å²) in [6.45, 7) is 1.68. The third-order valence-electron chi connectivity index (χ3n) is 2.97. The van der Waals surface area contributed by atoms with Crippen molar-refractivity contribution in [1.29, 1.82) is 0 Å². The lowest BCUT2D eigenvalue weighted by atomic mass is 10.0. The van der Waals surface area contributed by atoms with Gasteiger partial charge in [-0.05, 0) is 19.1 Å². The average Bonchev–Trinajstić information content (AvgIpc) is 2.42. The number of rotatable bonds is 4. The molecule has 0 saturated carbocycles. The minimum Gasteiger partial charge on any atom is -0.497 e. The fraction of sp³-hybridized carbons (Fsp3) is 0.200. The van der Waals surface area contributed by atoms with Crippen molar-refractivity contribution >= 4 is 11.4 Å². The molecule has 0 aliphatic heterocycles. The summed E-state index contributed by atoms with van der Waals surface area (Å²) in [4.78, 5) is 0. The van der Waals surface area contributed by atoms with E-state index in [-0.39, 0.29) is 0 Å². The first kappa shape index (κ1) is 13.2. The van der Waals surface area contributed by atoms with Crippen LogP contribution in [-0.4, -0.2) is 12.2 Å². The number of aliphatic hydroxyl groups is 1. The molecule has 1 atom stereocenters. The summed E-state index contributed by atoms with van der Waals surface area (Å²) in [6.07, 6.45) is 0. The number of ether oxygens (including phenoxy) is 1. The molecule has 2 aromatic rings. The average molecular weight is 258 g/mol. The van der Waals surface area contributed by atoms with Crippen LogP contribution in [0.2, 0.25) is 0 Å². The van der Waals surface area contributed by atoms with Gasteiger partial charge in [-0.3, -0.25) is 0 Å². The summed E-state index contributed by atoms with van der Waals surface area (Å²) >= 11 is 0. The molecule has 4 heteroatoms. The molecule has 19 heavy (non-hydrogen) atoms. The van der Waals surface area contributed by atoms with E-state index in [0.717, 1.165) is 5.56 Å². The van der Waals surface area contributed by atoms with Crippen LogP contribution in [-0.2, 0) is 5.72 Å². The largest absolute Gasteiger partial charge is 0.497 e. The molecular weight excluding hydrogens is 240 g/mol. The zero-order valence-corrected chi connectivity index (χ0v) is 11.1. The summed E-state index contributed by atoms with van der Waals surface area (Å²) in [5.41, 5.74) is 6.64. The fourth-order valence-electron chi connectivity index (χ4n) is 1.87. The molecule has 2 rings (SSSR count). The lowest BCUT2D eigenvalue weighted by molar-refractivity contribution is 0.0888. The van der Waals surface area contributed by atoms with Crippen molar-refractivity contribution in [2.75, 3.05) is 18.2 Å². The molecule has 1 unspecified atom stereocenters. The van der Waals surface area contributed by atoms with Gasteiger partial charge in [0.25, 0.3) is 0 Å². The summed E-state index contributed by atoms with van der Waals surface area (Å²) in [7, 11) is 1.59. The van der Waals surface area contributed by atoms with Crippen molar-refractivity contribution in [2.45, 2.75) is 12.6 Å². The highest BCUT2D eigenvalue weighted by atomic mass is 16.5. The van der Waals surface area contributed by atoms with Crippen molar-refractivity contribution in [2.24, 2.45) is 0 Å².